The molecule has 0 spiro atoms. The second-order valence-corrected chi connectivity index (χ2v) is 13.8. The zero-order valence-corrected chi connectivity index (χ0v) is 29.7. The van der Waals surface area contributed by atoms with Gasteiger partial charge in [0.05, 0.1) is 34.1 Å². The first kappa shape index (κ1) is 34.9. The van der Waals surface area contributed by atoms with Crippen LogP contribution in [0.3, 0.4) is 0 Å². The lowest BCUT2D eigenvalue weighted by Crippen LogP contribution is -2.39. The minimum Gasteiger partial charge on any atom is -0.481 e. The molecule has 51 heavy (non-hydrogen) atoms. The number of methoxy groups -OCH3 is 1. The molecule has 5 heterocycles. The van der Waals surface area contributed by atoms with Gasteiger partial charge >= 0.3 is 0 Å². The monoisotopic (exact) mass is 727 g/mol. The van der Waals surface area contributed by atoms with Gasteiger partial charge in [0.15, 0.2) is 0 Å². The Hall–Kier alpha value is -4.55. The smallest absolute Gasteiger partial charge is 0.256 e. The molecule has 3 amide bonds. The normalized spacial score (nSPS) is 18.3. The van der Waals surface area contributed by atoms with Gasteiger partial charge in [0.2, 0.25) is 17.7 Å². The van der Waals surface area contributed by atoms with Crippen molar-refractivity contribution >= 4 is 40.9 Å². The van der Waals surface area contributed by atoms with E-state index in [1.807, 2.05) is 59.5 Å². The maximum atomic E-state index is 13.1. The molecule has 4 aromatic rings. The van der Waals surface area contributed by atoms with Crippen molar-refractivity contribution in [3.63, 3.8) is 0 Å². The molecule has 264 valence electrons. The summed E-state index contributed by atoms with van der Waals surface area (Å²) in [6.45, 7) is 3.57. The van der Waals surface area contributed by atoms with Crippen LogP contribution in [0.15, 0.2) is 60.8 Å². The second-order valence-electron chi connectivity index (χ2n) is 13.1. The van der Waals surface area contributed by atoms with Crippen molar-refractivity contribution in [2.45, 2.75) is 50.9 Å². The fourth-order valence-electron chi connectivity index (χ4n) is 6.93. The largest absolute Gasteiger partial charge is 0.481 e. The minimum atomic E-state index is -0.0444. The van der Waals surface area contributed by atoms with Crippen molar-refractivity contribution in [3.05, 3.63) is 87.5 Å². The van der Waals surface area contributed by atoms with E-state index in [2.05, 4.69) is 26.3 Å². The predicted octanol–water partition coefficient (Wildman–Crippen LogP) is 4.99. The average molecular weight is 729 g/mol. The van der Waals surface area contributed by atoms with Crippen LogP contribution in [0, 0.1) is 0 Å². The van der Waals surface area contributed by atoms with Crippen LogP contribution < -0.4 is 26.0 Å². The lowest BCUT2D eigenvalue weighted by Gasteiger charge is -2.17. The van der Waals surface area contributed by atoms with E-state index in [4.69, 9.17) is 32.9 Å². The van der Waals surface area contributed by atoms with Crippen LogP contribution in [-0.4, -0.2) is 78.0 Å². The molecule has 0 aliphatic carbocycles. The van der Waals surface area contributed by atoms with E-state index in [0.29, 0.717) is 85.0 Å². The summed E-state index contributed by atoms with van der Waals surface area (Å²) in [6, 6.07) is 17.6. The number of carbonyl (C=O) groups is 3. The first-order valence-electron chi connectivity index (χ1n) is 17.2. The van der Waals surface area contributed by atoms with E-state index in [9.17, 15) is 14.4 Å². The number of aromatic nitrogens is 2. The highest BCUT2D eigenvalue weighted by Gasteiger charge is 2.29. The van der Waals surface area contributed by atoms with Crippen LogP contribution in [0.4, 0.5) is 0 Å². The van der Waals surface area contributed by atoms with E-state index in [0.717, 1.165) is 46.2 Å². The summed E-state index contributed by atoms with van der Waals surface area (Å²) in [4.78, 5) is 47.3. The molecule has 2 aromatic carbocycles. The number of halogens is 2. The van der Waals surface area contributed by atoms with E-state index < -0.39 is 0 Å². The summed E-state index contributed by atoms with van der Waals surface area (Å²) < 4.78 is 5.65. The molecule has 13 heteroatoms. The molecular formula is C38H39Cl2N7O4. The Balaban J connectivity index is 1.05. The number of carbonyl (C=O) groups excluding carboxylic acids is 3. The van der Waals surface area contributed by atoms with E-state index in [-0.39, 0.29) is 29.8 Å². The zero-order valence-electron chi connectivity index (χ0n) is 28.2. The Labute approximate surface area is 306 Å². The molecule has 0 saturated carbocycles. The number of fused-ring (bicyclic) bond motifs is 1. The Bertz CT molecular complexity index is 1990. The molecule has 3 aliphatic rings. The Morgan fingerprint density at radius 3 is 2.08 bits per heavy atom. The van der Waals surface area contributed by atoms with Gasteiger partial charge in [0.1, 0.15) is 0 Å². The maximum Gasteiger partial charge on any atom is 0.256 e. The topological polar surface area (TPSA) is 138 Å². The summed E-state index contributed by atoms with van der Waals surface area (Å²) in [5, 5.41) is 13.7. The summed E-state index contributed by atoms with van der Waals surface area (Å²) in [7, 11) is 1.59. The predicted molar refractivity (Wildman–Crippen MR) is 197 cm³/mol. The number of pyridine rings is 2. The van der Waals surface area contributed by atoms with E-state index in [1.54, 1.807) is 13.3 Å². The highest BCUT2D eigenvalue weighted by atomic mass is 35.5. The summed E-state index contributed by atoms with van der Waals surface area (Å²) in [5.74, 6) is 0.635. The highest BCUT2D eigenvalue weighted by Crippen LogP contribution is 2.42. The molecule has 0 bridgehead atoms. The Morgan fingerprint density at radius 1 is 0.824 bits per heavy atom. The van der Waals surface area contributed by atoms with Gasteiger partial charge in [-0.25, -0.2) is 4.98 Å². The molecule has 2 saturated heterocycles. The molecule has 4 N–H and O–H groups in total. The van der Waals surface area contributed by atoms with Gasteiger partial charge in [0.25, 0.3) is 5.91 Å². The third-order valence-corrected chi connectivity index (χ3v) is 10.5. The van der Waals surface area contributed by atoms with Gasteiger partial charge in [0, 0.05) is 98.2 Å². The molecule has 2 atom stereocenters. The van der Waals surface area contributed by atoms with Crippen LogP contribution in [0.1, 0.15) is 47.2 Å². The number of nitrogens with one attached hydrogen (secondary N) is 4. The average Bonchev–Trinajstić information content (AvgIpc) is 3.84. The number of ether oxygens (including phenoxy) is 1. The molecular weight excluding hydrogens is 689 g/mol. The summed E-state index contributed by atoms with van der Waals surface area (Å²) >= 11 is 14.2. The van der Waals surface area contributed by atoms with Crippen molar-refractivity contribution in [3.8, 4) is 39.5 Å². The standard InChI is InChI=1S/C38H39Cl2N7O4/c1-51-37-22(17-42-19-25-10-13-34(49)45-25)8-11-31(46-37)28-6-2-4-26(35(28)39)27-5-3-7-29(36(27)40)32-16-23-21-47(38(50)30(23)20-43-32)15-14-41-18-24-9-12-33(48)44-24/h2-8,11,16,20,24-25,41-42H,9-10,12-15,17-19,21H2,1H3,(H,44,48)(H,45,49)/t24-,25-/m1/s1. The second kappa shape index (κ2) is 15.4. The Morgan fingerprint density at radius 2 is 1.45 bits per heavy atom. The van der Waals surface area contributed by atoms with Crippen molar-refractivity contribution < 1.29 is 19.1 Å². The molecule has 2 aromatic heterocycles. The molecule has 2 fully saturated rings. The molecule has 0 unspecified atom stereocenters. The number of hydrogen-bond donors (Lipinski definition) is 4. The van der Waals surface area contributed by atoms with Gasteiger partial charge < -0.3 is 30.9 Å². The van der Waals surface area contributed by atoms with Crippen LogP contribution >= 0.6 is 23.2 Å². The van der Waals surface area contributed by atoms with Crippen molar-refractivity contribution in [2.24, 2.45) is 0 Å². The molecule has 3 aliphatic heterocycles. The van der Waals surface area contributed by atoms with Gasteiger partial charge in [-0.2, -0.15) is 0 Å². The lowest BCUT2D eigenvalue weighted by molar-refractivity contribution is -0.120. The van der Waals surface area contributed by atoms with Gasteiger partial charge in [-0.05, 0) is 30.5 Å². The molecule has 7 rings (SSSR count). The van der Waals surface area contributed by atoms with Crippen LogP contribution in [0.25, 0.3) is 33.6 Å². The van der Waals surface area contributed by atoms with Gasteiger partial charge in [-0.1, -0.05) is 65.7 Å². The van der Waals surface area contributed by atoms with Crippen molar-refractivity contribution in [1.29, 1.82) is 0 Å². The van der Waals surface area contributed by atoms with E-state index in [1.165, 1.54) is 0 Å². The maximum absolute atomic E-state index is 13.1. The van der Waals surface area contributed by atoms with Gasteiger partial charge in [-0.3, -0.25) is 19.4 Å². The highest BCUT2D eigenvalue weighted by molar-refractivity contribution is 6.39. The van der Waals surface area contributed by atoms with Crippen molar-refractivity contribution in [2.75, 3.05) is 33.3 Å². The fourth-order valence-corrected chi connectivity index (χ4v) is 7.58. The summed E-state index contributed by atoms with van der Waals surface area (Å²) in [5.41, 5.74) is 6.69. The molecule has 0 radical (unpaired) electrons. The third kappa shape index (κ3) is 7.57. The van der Waals surface area contributed by atoms with E-state index >= 15 is 0 Å². The number of hydrogen-bond acceptors (Lipinski definition) is 8. The minimum absolute atomic E-state index is 0.0444. The summed E-state index contributed by atoms with van der Waals surface area (Å²) in [6.07, 6.45) is 4.43. The SMILES string of the molecule is COc1nc(-c2cccc(-c3cccc(-c4cc5c(cn4)C(=O)N(CCNC[C@H]4CCC(=O)N4)C5)c3Cl)c2Cl)ccc1CNC[C@H]1CCC(=O)N1. The number of benzene rings is 2. The first-order chi connectivity index (χ1) is 24.8. The quantitative estimate of drug-likeness (QED) is 0.142. The first-order valence-corrected chi connectivity index (χ1v) is 17.9. The number of nitrogens with zero attached hydrogens (tertiary/aromatic N) is 3. The van der Waals surface area contributed by atoms with Crippen molar-refractivity contribution in [1.82, 2.24) is 36.1 Å². The Kier molecular flexibility index (Phi) is 10.5. The zero-order chi connectivity index (χ0) is 35.5. The third-order valence-electron chi connectivity index (χ3n) is 9.67. The number of rotatable bonds is 13. The van der Waals surface area contributed by atoms with Gasteiger partial charge in [-0.15, -0.1) is 0 Å². The van der Waals surface area contributed by atoms with Crippen LogP contribution in [-0.2, 0) is 22.7 Å². The molecule has 11 nitrogen and oxygen atoms in total. The lowest BCUT2D eigenvalue weighted by atomic mass is 9.97. The number of amides is 3. The van der Waals surface area contributed by atoms with Crippen LogP contribution in [0.2, 0.25) is 10.0 Å². The van der Waals surface area contributed by atoms with Crippen LogP contribution in [0.5, 0.6) is 5.88 Å². The fraction of sp³-hybridized carbons (Fsp3) is 0.342.